The van der Waals surface area contributed by atoms with Crippen LogP contribution in [0, 0.1) is 0 Å². The highest BCUT2D eigenvalue weighted by atomic mass is 16.2. The number of rotatable bonds is 6. The molecule has 20 heavy (non-hydrogen) atoms. The van der Waals surface area contributed by atoms with Crippen molar-refractivity contribution in [2.75, 3.05) is 6.54 Å². The van der Waals surface area contributed by atoms with E-state index in [1.54, 1.807) is 10.9 Å². The second-order valence-corrected chi connectivity index (χ2v) is 4.81. The lowest BCUT2D eigenvalue weighted by molar-refractivity contribution is 0.0947. The molecule has 3 N–H and O–H groups in total. The summed E-state index contributed by atoms with van der Waals surface area (Å²) in [6.07, 6.45) is 2.39. The van der Waals surface area contributed by atoms with Gasteiger partial charge in [0.2, 0.25) is 0 Å². The van der Waals surface area contributed by atoms with Crippen molar-refractivity contribution in [3.63, 3.8) is 0 Å². The summed E-state index contributed by atoms with van der Waals surface area (Å²) in [7, 11) is 0. The van der Waals surface area contributed by atoms with E-state index in [0.29, 0.717) is 18.8 Å². The van der Waals surface area contributed by atoms with Gasteiger partial charge in [-0.25, -0.2) is 4.68 Å². The van der Waals surface area contributed by atoms with Crippen LogP contribution in [0.15, 0.2) is 36.5 Å². The minimum Gasteiger partial charge on any atom is -0.351 e. The standard InChI is InChI=1S/C14H19N5O/c1-11(15)7-8-16-14(20)13-10-19(18-17-13)9-12-5-3-2-4-6-12/h2-6,10-11H,7-9,15H2,1H3,(H,16,20). The summed E-state index contributed by atoms with van der Waals surface area (Å²) >= 11 is 0. The van der Waals surface area contributed by atoms with Crippen LogP contribution in [-0.2, 0) is 6.54 Å². The van der Waals surface area contributed by atoms with Crippen LogP contribution in [0.3, 0.4) is 0 Å². The minimum absolute atomic E-state index is 0.0732. The maximum atomic E-state index is 11.8. The number of amides is 1. The van der Waals surface area contributed by atoms with Gasteiger partial charge >= 0.3 is 0 Å². The largest absolute Gasteiger partial charge is 0.351 e. The molecule has 0 saturated carbocycles. The molecule has 1 heterocycles. The Morgan fingerprint density at radius 2 is 2.15 bits per heavy atom. The molecule has 0 fully saturated rings. The summed E-state index contributed by atoms with van der Waals surface area (Å²) in [6.45, 7) is 3.05. The van der Waals surface area contributed by atoms with Crippen molar-refractivity contribution >= 4 is 5.91 Å². The van der Waals surface area contributed by atoms with Crippen LogP contribution in [0.2, 0.25) is 0 Å². The molecule has 1 atom stereocenters. The lowest BCUT2D eigenvalue weighted by Crippen LogP contribution is -2.29. The molecule has 1 aromatic heterocycles. The topological polar surface area (TPSA) is 85.8 Å². The van der Waals surface area contributed by atoms with Crippen LogP contribution in [0.4, 0.5) is 0 Å². The molecule has 2 rings (SSSR count). The molecule has 0 radical (unpaired) electrons. The Hall–Kier alpha value is -2.21. The third-order valence-corrected chi connectivity index (χ3v) is 2.84. The molecule has 0 aliphatic heterocycles. The first-order valence-corrected chi connectivity index (χ1v) is 6.63. The second-order valence-electron chi connectivity index (χ2n) is 4.81. The lowest BCUT2D eigenvalue weighted by Gasteiger charge is -2.05. The van der Waals surface area contributed by atoms with Gasteiger partial charge in [-0.3, -0.25) is 4.79 Å². The molecule has 0 aliphatic carbocycles. The third-order valence-electron chi connectivity index (χ3n) is 2.84. The zero-order valence-electron chi connectivity index (χ0n) is 11.5. The number of nitrogens with one attached hydrogen (secondary N) is 1. The zero-order chi connectivity index (χ0) is 14.4. The predicted molar refractivity (Wildman–Crippen MR) is 76.2 cm³/mol. The Kier molecular flexibility index (Phi) is 4.84. The molecule has 106 valence electrons. The monoisotopic (exact) mass is 273 g/mol. The first kappa shape index (κ1) is 14.2. The lowest BCUT2D eigenvalue weighted by atomic mass is 10.2. The van der Waals surface area contributed by atoms with E-state index >= 15 is 0 Å². The van der Waals surface area contributed by atoms with Crippen LogP contribution in [-0.4, -0.2) is 33.5 Å². The van der Waals surface area contributed by atoms with Gasteiger partial charge in [0.1, 0.15) is 0 Å². The molecular formula is C14H19N5O. The van der Waals surface area contributed by atoms with Gasteiger partial charge < -0.3 is 11.1 Å². The smallest absolute Gasteiger partial charge is 0.273 e. The highest BCUT2D eigenvalue weighted by Crippen LogP contribution is 2.02. The Balaban J connectivity index is 1.90. The van der Waals surface area contributed by atoms with Gasteiger partial charge in [-0.1, -0.05) is 35.5 Å². The van der Waals surface area contributed by atoms with Crippen LogP contribution in [0.25, 0.3) is 0 Å². The SMILES string of the molecule is CC(N)CCNC(=O)c1cn(Cc2ccccc2)nn1. The van der Waals surface area contributed by atoms with E-state index in [1.165, 1.54) is 0 Å². The van der Waals surface area contributed by atoms with Crippen molar-refractivity contribution in [3.8, 4) is 0 Å². The number of hydrogen-bond donors (Lipinski definition) is 2. The molecule has 2 aromatic rings. The number of aromatic nitrogens is 3. The van der Waals surface area contributed by atoms with E-state index in [0.717, 1.165) is 12.0 Å². The van der Waals surface area contributed by atoms with Crippen molar-refractivity contribution in [2.45, 2.75) is 25.9 Å². The second kappa shape index (κ2) is 6.81. The van der Waals surface area contributed by atoms with Gasteiger partial charge in [0.15, 0.2) is 5.69 Å². The van der Waals surface area contributed by atoms with Crippen molar-refractivity contribution in [2.24, 2.45) is 5.73 Å². The molecule has 6 heteroatoms. The fraction of sp³-hybridized carbons (Fsp3) is 0.357. The van der Waals surface area contributed by atoms with Crippen molar-refractivity contribution in [3.05, 3.63) is 47.8 Å². The van der Waals surface area contributed by atoms with Gasteiger partial charge in [-0.05, 0) is 18.9 Å². The first-order chi connectivity index (χ1) is 9.65. The van der Waals surface area contributed by atoms with E-state index in [1.807, 2.05) is 37.3 Å². The molecular weight excluding hydrogens is 254 g/mol. The predicted octanol–water partition coefficient (Wildman–Crippen LogP) is 0.793. The van der Waals surface area contributed by atoms with Gasteiger partial charge in [-0.15, -0.1) is 5.10 Å². The Morgan fingerprint density at radius 3 is 2.85 bits per heavy atom. The molecule has 0 spiro atoms. The van der Waals surface area contributed by atoms with Crippen LogP contribution in [0.5, 0.6) is 0 Å². The van der Waals surface area contributed by atoms with E-state index in [-0.39, 0.29) is 11.9 Å². The number of benzene rings is 1. The van der Waals surface area contributed by atoms with Gasteiger partial charge in [-0.2, -0.15) is 0 Å². The van der Waals surface area contributed by atoms with Crippen molar-refractivity contribution in [1.82, 2.24) is 20.3 Å². The minimum atomic E-state index is -0.218. The summed E-state index contributed by atoms with van der Waals surface area (Å²) in [5.74, 6) is -0.218. The molecule has 0 saturated heterocycles. The number of nitrogens with two attached hydrogens (primary N) is 1. The number of carbonyl (C=O) groups excluding carboxylic acids is 1. The van der Waals surface area contributed by atoms with Gasteiger partial charge in [0.05, 0.1) is 12.7 Å². The summed E-state index contributed by atoms with van der Waals surface area (Å²) < 4.78 is 1.65. The zero-order valence-corrected chi connectivity index (χ0v) is 11.5. The van der Waals surface area contributed by atoms with E-state index in [9.17, 15) is 4.79 Å². The average molecular weight is 273 g/mol. The van der Waals surface area contributed by atoms with Crippen molar-refractivity contribution in [1.29, 1.82) is 0 Å². The fourth-order valence-electron chi connectivity index (χ4n) is 1.75. The Morgan fingerprint density at radius 1 is 1.40 bits per heavy atom. The van der Waals surface area contributed by atoms with Gasteiger partial charge in [0.25, 0.3) is 5.91 Å². The van der Waals surface area contributed by atoms with Crippen LogP contribution >= 0.6 is 0 Å². The van der Waals surface area contributed by atoms with E-state index in [2.05, 4.69) is 15.6 Å². The summed E-state index contributed by atoms with van der Waals surface area (Å²) in [5.41, 5.74) is 7.06. The maximum absolute atomic E-state index is 11.8. The number of nitrogens with zero attached hydrogens (tertiary/aromatic N) is 3. The molecule has 1 amide bonds. The highest BCUT2D eigenvalue weighted by molar-refractivity contribution is 5.91. The average Bonchev–Trinajstić information content (AvgIpc) is 2.88. The summed E-state index contributed by atoms with van der Waals surface area (Å²) in [5, 5.41) is 10.6. The molecule has 1 unspecified atom stereocenters. The molecule has 0 bridgehead atoms. The van der Waals surface area contributed by atoms with Crippen LogP contribution in [0.1, 0.15) is 29.4 Å². The van der Waals surface area contributed by atoms with Gasteiger partial charge in [0, 0.05) is 12.6 Å². The Bertz CT molecular complexity index is 550. The molecule has 6 nitrogen and oxygen atoms in total. The Labute approximate surface area is 118 Å². The highest BCUT2D eigenvalue weighted by Gasteiger charge is 2.10. The first-order valence-electron chi connectivity index (χ1n) is 6.63. The normalized spacial score (nSPS) is 12.1. The third kappa shape index (κ3) is 4.17. The molecule has 0 aliphatic rings. The number of carbonyl (C=O) groups is 1. The van der Waals surface area contributed by atoms with Crippen molar-refractivity contribution < 1.29 is 4.79 Å². The van der Waals surface area contributed by atoms with E-state index < -0.39 is 0 Å². The maximum Gasteiger partial charge on any atom is 0.273 e. The van der Waals surface area contributed by atoms with Crippen LogP contribution < -0.4 is 11.1 Å². The number of hydrogen-bond acceptors (Lipinski definition) is 4. The fourth-order valence-corrected chi connectivity index (χ4v) is 1.75. The van der Waals surface area contributed by atoms with E-state index in [4.69, 9.17) is 5.73 Å². The summed E-state index contributed by atoms with van der Waals surface area (Å²) in [6, 6.07) is 9.97. The summed E-state index contributed by atoms with van der Waals surface area (Å²) in [4.78, 5) is 11.8. The quantitative estimate of drug-likeness (QED) is 0.815. The molecule has 1 aromatic carbocycles.